The van der Waals surface area contributed by atoms with E-state index in [-0.39, 0.29) is 0 Å². The van der Waals surface area contributed by atoms with Gasteiger partial charge in [0.25, 0.3) is 0 Å². The van der Waals surface area contributed by atoms with Gasteiger partial charge >= 0.3 is 6.18 Å². The molecule has 0 nitrogen and oxygen atoms in total. The van der Waals surface area contributed by atoms with E-state index in [1.165, 1.54) is 28.0 Å². The van der Waals surface area contributed by atoms with Crippen LogP contribution in [0.2, 0.25) is 0 Å². The lowest BCUT2D eigenvalue weighted by Crippen LogP contribution is -2.32. The standard InChI is InChI=1S/C28H23F3P/c29-28(30,31)24-20-18-23(19-21-24)11-10-22-32(25-12-4-1-5-13-25,26-14-6-2-7-15-26)27-16-8-3-9-17-27/h1-21H,22H2/q+1/b11-10+. The molecule has 0 aromatic heterocycles. The van der Waals surface area contributed by atoms with Crippen molar-refractivity contribution in [1.82, 2.24) is 0 Å². The van der Waals surface area contributed by atoms with Crippen LogP contribution in [0, 0.1) is 0 Å². The summed E-state index contributed by atoms with van der Waals surface area (Å²) in [7, 11) is -1.99. The smallest absolute Gasteiger partial charge is 0.166 e. The van der Waals surface area contributed by atoms with Gasteiger partial charge in [-0.1, -0.05) is 72.8 Å². The summed E-state index contributed by atoms with van der Waals surface area (Å²) in [6, 6.07) is 36.8. The molecule has 4 aromatic rings. The lowest BCUT2D eigenvalue weighted by Gasteiger charge is -2.26. The summed E-state index contributed by atoms with van der Waals surface area (Å²) < 4.78 is 38.6. The molecule has 0 fully saturated rings. The van der Waals surface area contributed by atoms with Gasteiger partial charge in [-0.05, 0) is 60.2 Å². The highest BCUT2D eigenvalue weighted by Gasteiger charge is 2.44. The maximum Gasteiger partial charge on any atom is 0.416 e. The predicted molar refractivity (Wildman–Crippen MR) is 130 cm³/mol. The molecule has 4 aromatic carbocycles. The van der Waals surface area contributed by atoms with E-state index in [2.05, 4.69) is 78.9 Å². The average Bonchev–Trinajstić information content (AvgIpc) is 2.83. The summed E-state index contributed by atoms with van der Waals surface area (Å²) in [5.74, 6) is 0. The number of benzene rings is 4. The molecule has 0 saturated carbocycles. The Morgan fingerprint density at radius 1 is 0.562 bits per heavy atom. The monoisotopic (exact) mass is 447 g/mol. The first-order valence-electron chi connectivity index (χ1n) is 10.4. The van der Waals surface area contributed by atoms with Crippen LogP contribution in [0.1, 0.15) is 11.1 Å². The molecule has 4 heteroatoms. The minimum atomic E-state index is -4.32. The minimum Gasteiger partial charge on any atom is -0.166 e. The van der Waals surface area contributed by atoms with Crippen molar-refractivity contribution in [1.29, 1.82) is 0 Å². The maximum absolute atomic E-state index is 12.9. The van der Waals surface area contributed by atoms with Crippen molar-refractivity contribution in [2.24, 2.45) is 0 Å². The van der Waals surface area contributed by atoms with Gasteiger partial charge in [0.1, 0.15) is 23.2 Å². The normalized spacial score (nSPS) is 12.2. The van der Waals surface area contributed by atoms with Crippen molar-refractivity contribution in [3.05, 3.63) is 132 Å². The van der Waals surface area contributed by atoms with Crippen molar-refractivity contribution in [3.63, 3.8) is 0 Å². The van der Waals surface area contributed by atoms with Crippen LogP contribution in [-0.4, -0.2) is 6.16 Å². The highest BCUT2D eigenvalue weighted by Crippen LogP contribution is 2.55. The van der Waals surface area contributed by atoms with E-state index >= 15 is 0 Å². The average molecular weight is 447 g/mol. The Balaban J connectivity index is 1.77. The maximum atomic E-state index is 12.9. The van der Waals surface area contributed by atoms with Crippen molar-refractivity contribution in [3.8, 4) is 0 Å². The fraction of sp³-hybridized carbons (Fsp3) is 0.0714. The first-order chi connectivity index (χ1) is 15.5. The molecule has 0 unspecified atom stereocenters. The Kier molecular flexibility index (Phi) is 6.58. The van der Waals surface area contributed by atoms with Crippen LogP contribution < -0.4 is 15.9 Å². The Labute approximate surface area is 187 Å². The topological polar surface area (TPSA) is 0 Å². The van der Waals surface area contributed by atoms with Crippen molar-refractivity contribution < 1.29 is 13.2 Å². The molecule has 0 aliphatic heterocycles. The molecule has 0 aliphatic rings. The molecule has 0 aliphatic carbocycles. The summed E-state index contributed by atoms with van der Waals surface area (Å²) in [6.45, 7) is 0. The second-order valence-corrected chi connectivity index (χ2v) is 11.1. The van der Waals surface area contributed by atoms with Gasteiger partial charge in [0.15, 0.2) is 0 Å². The lowest BCUT2D eigenvalue weighted by molar-refractivity contribution is -0.137. The number of hydrogen-bond donors (Lipinski definition) is 0. The van der Waals surface area contributed by atoms with Crippen LogP contribution in [0.5, 0.6) is 0 Å². The van der Waals surface area contributed by atoms with E-state index in [4.69, 9.17) is 0 Å². The SMILES string of the molecule is FC(F)(F)c1ccc(/C=C/C[P+](c2ccccc2)(c2ccccc2)c2ccccc2)cc1. The van der Waals surface area contributed by atoms with Gasteiger partial charge < -0.3 is 0 Å². The Morgan fingerprint density at radius 2 is 0.969 bits per heavy atom. The molecule has 0 spiro atoms. The van der Waals surface area contributed by atoms with Gasteiger partial charge in [-0.15, -0.1) is 0 Å². The molecule has 0 atom stereocenters. The largest absolute Gasteiger partial charge is 0.416 e. The molecule has 0 saturated heterocycles. The van der Waals surface area contributed by atoms with Gasteiger partial charge in [0.2, 0.25) is 0 Å². The van der Waals surface area contributed by atoms with Crippen LogP contribution in [0.15, 0.2) is 121 Å². The van der Waals surface area contributed by atoms with Crippen LogP contribution in [-0.2, 0) is 6.18 Å². The predicted octanol–water partition coefficient (Wildman–Crippen LogP) is 6.71. The third-order valence-electron chi connectivity index (χ3n) is 5.52. The molecular formula is C28H23F3P+. The first kappa shape index (κ1) is 22.0. The van der Waals surface area contributed by atoms with Crippen molar-refractivity contribution in [2.75, 3.05) is 6.16 Å². The van der Waals surface area contributed by atoms with Gasteiger partial charge in [-0.25, -0.2) is 0 Å². The minimum absolute atomic E-state index is 0.630. The zero-order chi connectivity index (χ0) is 22.4. The zero-order valence-electron chi connectivity index (χ0n) is 17.4. The third kappa shape index (κ3) is 4.69. The number of halogens is 3. The third-order valence-corrected chi connectivity index (χ3v) is 9.82. The Morgan fingerprint density at radius 3 is 1.34 bits per heavy atom. The number of allylic oxidation sites excluding steroid dienone is 1. The highest BCUT2D eigenvalue weighted by molar-refractivity contribution is 7.95. The molecule has 0 amide bonds. The lowest BCUT2D eigenvalue weighted by atomic mass is 10.1. The van der Waals surface area contributed by atoms with E-state index in [1.54, 1.807) is 0 Å². The Bertz CT molecular complexity index is 1050. The molecule has 32 heavy (non-hydrogen) atoms. The van der Waals surface area contributed by atoms with Crippen LogP contribution >= 0.6 is 7.26 Å². The first-order valence-corrected chi connectivity index (χ1v) is 12.4. The molecule has 0 N–H and O–H groups in total. The van der Waals surface area contributed by atoms with E-state index in [9.17, 15) is 13.2 Å². The summed E-state index contributed by atoms with van der Waals surface area (Å²) >= 11 is 0. The van der Waals surface area contributed by atoms with Gasteiger partial charge in [0.05, 0.1) is 11.7 Å². The van der Waals surface area contributed by atoms with Gasteiger partial charge in [0, 0.05) is 0 Å². The zero-order valence-corrected chi connectivity index (χ0v) is 18.3. The molecule has 0 bridgehead atoms. The second kappa shape index (κ2) is 9.54. The van der Waals surface area contributed by atoms with Gasteiger partial charge in [-0.3, -0.25) is 0 Å². The van der Waals surface area contributed by atoms with Crippen molar-refractivity contribution >= 4 is 29.3 Å². The van der Waals surface area contributed by atoms with Crippen molar-refractivity contribution in [2.45, 2.75) is 6.18 Å². The van der Waals surface area contributed by atoms with Gasteiger partial charge in [-0.2, -0.15) is 13.2 Å². The summed E-state index contributed by atoms with van der Waals surface area (Å²) in [6.07, 6.45) is 0.468. The molecule has 0 heterocycles. The summed E-state index contributed by atoms with van der Waals surface area (Å²) in [5.41, 5.74) is 0.125. The quantitative estimate of drug-likeness (QED) is 0.288. The fourth-order valence-electron chi connectivity index (χ4n) is 3.94. The van der Waals surface area contributed by atoms with E-state index in [1.807, 2.05) is 24.3 Å². The molecular weight excluding hydrogens is 424 g/mol. The number of hydrogen-bond acceptors (Lipinski definition) is 0. The number of alkyl halides is 3. The van der Waals surface area contributed by atoms with Crippen LogP contribution in [0.3, 0.4) is 0 Å². The molecule has 0 radical (unpaired) electrons. The van der Waals surface area contributed by atoms with E-state index in [0.717, 1.165) is 23.9 Å². The fourth-order valence-corrected chi connectivity index (χ4v) is 7.93. The van der Waals surface area contributed by atoms with Crippen LogP contribution in [0.4, 0.5) is 13.2 Å². The molecule has 160 valence electrons. The second-order valence-electron chi connectivity index (χ2n) is 7.52. The summed E-state index contributed by atoms with van der Waals surface area (Å²) in [4.78, 5) is 0. The molecule has 4 rings (SSSR count). The van der Waals surface area contributed by atoms with Crippen LogP contribution in [0.25, 0.3) is 6.08 Å². The number of rotatable bonds is 6. The Hall–Kier alpha value is -3.16. The highest BCUT2D eigenvalue weighted by atomic mass is 31.2. The van der Waals surface area contributed by atoms with E-state index < -0.39 is 19.0 Å². The summed E-state index contributed by atoms with van der Waals surface area (Å²) in [5, 5.41) is 3.82. The van der Waals surface area contributed by atoms with E-state index in [0.29, 0.717) is 0 Å².